The van der Waals surface area contributed by atoms with Crippen molar-refractivity contribution in [2.24, 2.45) is 0 Å². The quantitative estimate of drug-likeness (QED) is 0.494. The summed E-state index contributed by atoms with van der Waals surface area (Å²) in [5.74, 6) is -1.04. The molecule has 0 saturated carbocycles. The number of hydrogen-bond donors (Lipinski definition) is 2. The normalized spacial score (nSPS) is 12.4. The van der Waals surface area contributed by atoms with E-state index in [0.29, 0.717) is 29.2 Å². The van der Waals surface area contributed by atoms with Gasteiger partial charge in [0.05, 0.1) is 24.8 Å². The third-order valence-electron chi connectivity index (χ3n) is 4.64. The average molecular weight is 425 g/mol. The Bertz CT molecular complexity index is 985. The molecule has 2 N–H and O–H groups in total. The molecule has 0 bridgehead atoms. The summed E-state index contributed by atoms with van der Waals surface area (Å²) in [6, 6.07) is 11.2. The number of hydrogen-bond acceptors (Lipinski definition) is 6. The Labute approximate surface area is 179 Å². The molecule has 1 heterocycles. The molecule has 162 valence electrons. The SMILES string of the molecule is CCCOc1ccc(C(=O)NNC(=O)CCN2C(=O)c3ccccc3C2=O)cc1OC. The van der Waals surface area contributed by atoms with Crippen molar-refractivity contribution in [1.29, 1.82) is 0 Å². The maximum absolute atomic E-state index is 12.3. The number of methoxy groups -OCH3 is 1. The molecular formula is C22H23N3O6. The number of ether oxygens (including phenoxy) is 2. The first-order valence-corrected chi connectivity index (χ1v) is 9.81. The van der Waals surface area contributed by atoms with E-state index >= 15 is 0 Å². The monoisotopic (exact) mass is 425 g/mol. The molecule has 0 spiro atoms. The summed E-state index contributed by atoms with van der Waals surface area (Å²) in [4.78, 5) is 50.0. The van der Waals surface area contributed by atoms with Gasteiger partial charge < -0.3 is 9.47 Å². The molecule has 0 unspecified atom stereocenters. The molecule has 3 rings (SSSR count). The number of fused-ring (bicyclic) bond motifs is 1. The van der Waals surface area contributed by atoms with Gasteiger partial charge in [-0.2, -0.15) is 0 Å². The zero-order valence-corrected chi connectivity index (χ0v) is 17.3. The first-order chi connectivity index (χ1) is 15.0. The van der Waals surface area contributed by atoms with Crippen LogP contribution in [0.3, 0.4) is 0 Å². The Morgan fingerprint density at radius 2 is 1.65 bits per heavy atom. The van der Waals surface area contributed by atoms with Crippen LogP contribution < -0.4 is 20.3 Å². The van der Waals surface area contributed by atoms with Crippen molar-refractivity contribution in [2.45, 2.75) is 19.8 Å². The summed E-state index contributed by atoms with van der Waals surface area (Å²) >= 11 is 0. The highest BCUT2D eigenvalue weighted by molar-refractivity contribution is 6.21. The molecule has 0 aromatic heterocycles. The van der Waals surface area contributed by atoms with Crippen LogP contribution in [0.25, 0.3) is 0 Å². The summed E-state index contributed by atoms with van der Waals surface area (Å²) in [7, 11) is 1.47. The summed E-state index contributed by atoms with van der Waals surface area (Å²) < 4.78 is 10.8. The Hall–Kier alpha value is -3.88. The zero-order chi connectivity index (χ0) is 22.4. The van der Waals surface area contributed by atoms with E-state index in [1.807, 2.05) is 6.92 Å². The maximum Gasteiger partial charge on any atom is 0.269 e. The van der Waals surface area contributed by atoms with E-state index in [9.17, 15) is 19.2 Å². The fourth-order valence-electron chi connectivity index (χ4n) is 3.06. The molecule has 0 saturated heterocycles. The van der Waals surface area contributed by atoms with Crippen LogP contribution in [0.2, 0.25) is 0 Å². The predicted molar refractivity (Wildman–Crippen MR) is 111 cm³/mol. The number of imide groups is 1. The van der Waals surface area contributed by atoms with Crippen LogP contribution in [-0.4, -0.2) is 48.8 Å². The van der Waals surface area contributed by atoms with Crippen molar-refractivity contribution in [3.63, 3.8) is 0 Å². The number of carbonyl (C=O) groups is 4. The highest BCUT2D eigenvalue weighted by atomic mass is 16.5. The lowest BCUT2D eigenvalue weighted by molar-refractivity contribution is -0.121. The van der Waals surface area contributed by atoms with Crippen LogP contribution >= 0.6 is 0 Å². The predicted octanol–water partition coefficient (Wildman–Crippen LogP) is 1.93. The number of nitrogens with zero attached hydrogens (tertiary/aromatic N) is 1. The number of rotatable bonds is 8. The Balaban J connectivity index is 1.51. The van der Waals surface area contributed by atoms with E-state index in [2.05, 4.69) is 10.9 Å². The molecule has 1 aliphatic rings. The number of nitrogens with one attached hydrogen (secondary N) is 2. The van der Waals surface area contributed by atoms with Gasteiger partial charge in [0.25, 0.3) is 17.7 Å². The van der Waals surface area contributed by atoms with E-state index in [0.717, 1.165) is 11.3 Å². The molecule has 9 heteroatoms. The molecule has 0 atom stereocenters. The van der Waals surface area contributed by atoms with E-state index in [1.54, 1.807) is 36.4 Å². The fraction of sp³-hybridized carbons (Fsp3) is 0.273. The Kier molecular flexibility index (Phi) is 6.86. The number of amides is 4. The molecule has 0 fully saturated rings. The summed E-state index contributed by atoms with van der Waals surface area (Å²) in [6.45, 7) is 2.40. The second-order valence-electron chi connectivity index (χ2n) is 6.77. The summed E-state index contributed by atoms with van der Waals surface area (Å²) in [5, 5.41) is 0. The van der Waals surface area contributed by atoms with Crippen molar-refractivity contribution in [3.8, 4) is 11.5 Å². The van der Waals surface area contributed by atoms with E-state index in [1.165, 1.54) is 13.2 Å². The lowest BCUT2D eigenvalue weighted by Crippen LogP contribution is -2.43. The standard InChI is InChI=1S/C22H23N3O6/c1-3-12-31-17-9-8-14(13-18(17)30-2)20(27)24-23-19(26)10-11-25-21(28)15-6-4-5-7-16(15)22(25)29/h4-9,13H,3,10-12H2,1-2H3,(H,23,26)(H,24,27). The zero-order valence-electron chi connectivity index (χ0n) is 17.3. The van der Waals surface area contributed by atoms with Gasteiger partial charge in [0, 0.05) is 18.5 Å². The van der Waals surface area contributed by atoms with Gasteiger partial charge in [0.1, 0.15) is 0 Å². The molecular weight excluding hydrogens is 402 g/mol. The van der Waals surface area contributed by atoms with Gasteiger partial charge in [-0.3, -0.25) is 34.9 Å². The van der Waals surface area contributed by atoms with Crippen molar-refractivity contribution in [3.05, 3.63) is 59.2 Å². The number of benzene rings is 2. The largest absolute Gasteiger partial charge is 0.493 e. The van der Waals surface area contributed by atoms with Crippen molar-refractivity contribution in [2.75, 3.05) is 20.3 Å². The molecule has 2 aromatic carbocycles. The lowest BCUT2D eigenvalue weighted by Gasteiger charge is -2.14. The number of carbonyl (C=O) groups excluding carboxylic acids is 4. The van der Waals surface area contributed by atoms with Gasteiger partial charge in [-0.1, -0.05) is 19.1 Å². The molecule has 0 radical (unpaired) electrons. The minimum atomic E-state index is -0.547. The van der Waals surface area contributed by atoms with Gasteiger partial charge in [-0.25, -0.2) is 0 Å². The third-order valence-corrected chi connectivity index (χ3v) is 4.64. The van der Waals surface area contributed by atoms with Crippen LogP contribution in [0.15, 0.2) is 42.5 Å². The lowest BCUT2D eigenvalue weighted by atomic mass is 10.1. The second-order valence-corrected chi connectivity index (χ2v) is 6.77. The first kappa shape index (κ1) is 21.8. The van der Waals surface area contributed by atoms with Crippen LogP contribution in [0.5, 0.6) is 11.5 Å². The van der Waals surface area contributed by atoms with Crippen LogP contribution in [0.4, 0.5) is 0 Å². The van der Waals surface area contributed by atoms with E-state index in [4.69, 9.17) is 9.47 Å². The van der Waals surface area contributed by atoms with E-state index < -0.39 is 23.6 Å². The maximum atomic E-state index is 12.3. The van der Waals surface area contributed by atoms with Gasteiger partial charge in [0.15, 0.2) is 11.5 Å². The highest BCUT2D eigenvalue weighted by Gasteiger charge is 2.34. The third kappa shape index (κ3) is 4.82. The van der Waals surface area contributed by atoms with Crippen molar-refractivity contribution < 1.29 is 28.7 Å². The minimum Gasteiger partial charge on any atom is -0.493 e. The summed E-state index contributed by atoms with van der Waals surface area (Å²) in [6.07, 6.45) is 0.678. The highest BCUT2D eigenvalue weighted by Crippen LogP contribution is 2.28. The van der Waals surface area contributed by atoms with Crippen molar-refractivity contribution >= 4 is 23.6 Å². The van der Waals surface area contributed by atoms with E-state index in [-0.39, 0.29) is 18.5 Å². The van der Waals surface area contributed by atoms with Crippen LogP contribution in [0.1, 0.15) is 50.8 Å². The van der Waals surface area contributed by atoms with Gasteiger partial charge >= 0.3 is 0 Å². The van der Waals surface area contributed by atoms with Crippen LogP contribution in [0, 0.1) is 0 Å². The molecule has 0 aliphatic carbocycles. The van der Waals surface area contributed by atoms with Gasteiger partial charge in [-0.05, 0) is 36.8 Å². The van der Waals surface area contributed by atoms with Gasteiger partial charge in [-0.15, -0.1) is 0 Å². The Morgan fingerprint density at radius 1 is 0.968 bits per heavy atom. The van der Waals surface area contributed by atoms with Crippen molar-refractivity contribution in [1.82, 2.24) is 15.8 Å². The fourth-order valence-corrected chi connectivity index (χ4v) is 3.06. The molecule has 9 nitrogen and oxygen atoms in total. The Morgan fingerprint density at radius 3 is 2.26 bits per heavy atom. The average Bonchev–Trinajstić information content (AvgIpc) is 3.04. The number of hydrazine groups is 1. The topological polar surface area (TPSA) is 114 Å². The molecule has 2 aromatic rings. The molecule has 31 heavy (non-hydrogen) atoms. The second kappa shape index (κ2) is 9.75. The minimum absolute atomic E-state index is 0.0919. The summed E-state index contributed by atoms with van der Waals surface area (Å²) in [5.41, 5.74) is 5.49. The van der Waals surface area contributed by atoms with Gasteiger partial charge in [0.2, 0.25) is 5.91 Å². The van der Waals surface area contributed by atoms with Crippen LogP contribution in [-0.2, 0) is 4.79 Å². The first-order valence-electron chi connectivity index (χ1n) is 9.81. The molecule has 1 aliphatic heterocycles. The molecule has 4 amide bonds. The smallest absolute Gasteiger partial charge is 0.269 e.